The Labute approximate surface area is 184 Å². The summed E-state index contributed by atoms with van der Waals surface area (Å²) in [4.78, 5) is 12.5. The second kappa shape index (κ2) is 8.42. The summed E-state index contributed by atoms with van der Waals surface area (Å²) in [5, 5.41) is 78.8. The van der Waals surface area contributed by atoms with Crippen LogP contribution in [0.15, 0.2) is 39.5 Å². The SMILES string of the molecule is O=c1c(O)c(-c2ccc(O[C@@H]3OC(CO)[C@@H](O)C(O)C3O)c(O)c2)oc2cc(O)cc(O)c12. The fourth-order valence-corrected chi connectivity index (χ4v) is 3.52. The van der Waals surface area contributed by atoms with E-state index in [1.807, 2.05) is 0 Å². The fraction of sp³-hybridized carbons (Fsp3) is 0.286. The number of hydrogen-bond donors (Lipinski definition) is 8. The van der Waals surface area contributed by atoms with E-state index in [1.165, 1.54) is 12.1 Å². The van der Waals surface area contributed by atoms with E-state index in [0.29, 0.717) is 0 Å². The number of aliphatic hydroxyl groups is 4. The standard InChI is InChI=1S/C21H20O12/c22-6-13-15(26)17(28)19(30)21(33-13)32-11-2-1-7(3-9(11)24)20-18(29)16(27)14-10(25)4-8(23)5-12(14)31-20/h1-5,13,15,17,19,21-26,28-30H,6H2/t13?,15-,17?,19?,21-/m1/s1. The Morgan fingerprint density at radius 3 is 2.30 bits per heavy atom. The number of fused-ring (bicyclic) bond motifs is 1. The average Bonchev–Trinajstić information content (AvgIpc) is 2.77. The van der Waals surface area contributed by atoms with Crippen LogP contribution in [-0.2, 0) is 4.74 Å². The smallest absolute Gasteiger partial charge is 0.238 e. The first-order chi connectivity index (χ1) is 15.6. The highest BCUT2D eigenvalue weighted by atomic mass is 16.7. The maximum atomic E-state index is 12.5. The van der Waals surface area contributed by atoms with Gasteiger partial charge in [0.2, 0.25) is 17.5 Å². The Bertz CT molecular complexity index is 1250. The lowest BCUT2D eigenvalue weighted by atomic mass is 9.99. The molecule has 1 saturated heterocycles. The molecule has 0 bridgehead atoms. The number of aromatic hydroxyl groups is 4. The van der Waals surface area contributed by atoms with Crippen molar-refractivity contribution in [2.75, 3.05) is 6.61 Å². The van der Waals surface area contributed by atoms with Crippen molar-refractivity contribution in [2.45, 2.75) is 30.7 Å². The molecule has 0 radical (unpaired) electrons. The maximum Gasteiger partial charge on any atom is 0.238 e. The summed E-state index contributed by atoms with van der Waals surface area (Å²) < 4.78 is 16.1. The van der Waals surface area contributed by atoms with Gasteiger partial charge in [-0.15, -0.1) is 0 Å². The van der Waals surface area contributed by atoms with E-state index in [-0.39, 0.29) is 33.8 Å². The molecule has 8 N–H and O–H groups in total. The molecular formula is C21H20O12. The van der Waals surface area contributed by atoms with Crippen LogP contribution in [0, 0.1) is 0 Å². The Morgan fingerprint density at radius 1 is 0.909 bits per heavy atom. The van der Waals surface area contributed by atoms with Gasteiger partial charge in [-0.05, 0) is 18.2 Å². The van der Waals surface area contributed by atoms with Gasteiger partial charge in [-0.3, -0.25) is 4.79 Å². The number of ether oxygens (including phenoxy) is 2. The minimum Gasteiger partial charge on any atom is -0.508 e. The lowest BCUT2D eigenvalue weighted by Crippen LogP contribution is -2.60. The molecular weight excluding hydrogens is 444 g/mol. The largest absolute Gasteiger partial charge is 0.508 e. The van der Waals surface area contributed by atoms with E-state index >= 15 is 0 Å². The van der Waals surface area contributed by atoms with Crippen LogP contribution in [-0.4, -0.2) is 78.2 Å². The third-order valence-electron chi connectivity index (χ3n) is 5.25. The summed E-state index contributed by atoms with van der Waals surface area (Å²) in [6.07, 6.45) is -7.73. The van der Waals surface area contributed by atoms with Crippen molar-refractivity contribution in [1.82, 2.24) is 0 Å². The number of aliphatic hydroxyl groups excluding tert-OH is 4. The Hall–Kier alpha value is -3.55. The van der Waals surface area contributed by atoms with Crippen molar-refractivity contribution in [3.05, 3.63) is 40.6 Å². The van der Waals surface area contributed by atoms with Gasteiger partial charge in [-0.25, -0.2) is 0 Å². The van der Waals surface area contributed by atoms with Crippen molar-refractivity contribution in [2.24, 2.45) is 0 Å². The van der Waals surface area contributed by atoms with E-state index < -0.39 is 60.0 Å². The molecule has 3 unspecified atom stereocenters. The molecule has 2 aromatic carbocycles. The van der Waals surface area contributed by atoms with Gasteiger partial charge in [0.1, 0.15) is 46.9 Å². The molecule has 12 heteroatoms. The van der Waals surface area contributed by atoms with E-state index in [1.54, 1.807) is 0 Å². The van der Waals surface area contributed by atoms with Crippen LogP contribution in [0.1, 0.15) is 0 Å². The zero-order valence-electron chi connectivity index (χ0n) is 16.7. The number of hydrogen-bond acceptors (Lipinski definition) is 12. The van der Waals surface area contributed by atoms with Crippen LogP contribution in [0.4, 0.5) is 0 Å². The van der Waals surface area contributed by atoms with Crippen molar-refractivity contribution in [1.29, 1.82) is 0 Å². The Balaban J connectivity index is 1.68. The molecule has 1 aliphatic heterocycles. The zero-order valence-corrected chi connectivity index (χ0v) is 16.7. The van der Waals surface area contributed by atoms with Gasteiger partial charge in [0.15, 0.2) is 17.3 Å². The molecule has 0 saturated carbocycles. The maximum absolute atomic E-state index is 12.5. The molecule has 33 heavy (non-hydrogen) atoms. The van der Waals surface area contributed by atoms with Gasteiger partial charge in [0.05, 0.1) is 6.61 Å². The fourth-order valence-electron chi connectivity index (χ4n) is 3.52. The average molecular weight is 464 g/mol. The molecule has 3 aromatic rings. The summed E-state index contributed by atoms with van der Waals surface area (Å²) in [7, 11) is 0. The molecule has 176 valence electrons. The molecule has 1 aromatic heterocycles. The van der Waals surface area contributed by atoms with Gasteiger partial charge >= 0.3 is 0 Å². The molecule has 12 nitrogen and oxygen atoms in total. The second-order valence-electron chi connectivity index (χ2n) is 7.44. The summed E-state index contributed by atoms with van der Waals surface area (Å²) in [6, 6.07) is 5.51. The number of rotatable bonds is 4. The Kier molecular flexibility index (Phi) is 5.78. The van der Waals surface area contributed by atoms with Crippen LogP contribution in [0.2, 0.25) is 0 Å². The van der Waals surface area contributed by atoms with E-state index in [4.69, 9.17) is 13.9 Å². The van der Waals surface area contributed by atoms with Crippen LogP contribution in [0.5, 0.6) is 28.7 Å². The molecule has 4 rings (SSSR count). The van der Waals surface area contributed by atoms with Gasteiger partial charge in [0.25, 0.3) is 0 Å². The summed E-state index contributed by atoms with van der Waals surface area (Å²) in [5.41, 5.74) is -1.16. The first-order valence-electron chi connectivity index (χ1n) is 9.64. The van der Waals surface area contributed by atoms with Crippen LogP contribution in [0.25, 0.3) is 22.3 Å². The van der Waals surface area contributed by atoms with Crippen molar-refractivity contribution < 1.29 is 54.7 Å². The van der Waals surface area contributed by atoms with Crippen molar-refractivity contribution >= 4 is 11.0 Å². The van der Waals surface area contributed by atoms with Gasteiger partial charge in [-0.2, -0.15) is 0 Å². The lowest BCUT2D eigenvalue weighted by Gasteiger charge is -2.39. The van der Waals surface area contributed by atoms with Gasteiger partial charge < -0.3 is 54.7 Å². The van der Waals surface area contributed by atoms with Crippen molar-refractivity contribution in [3.63, 3.8) is 0 Å². The summed E-state index contributed by atoms with van der Waals surface area (Å²) >= 11 is 0. The summed E-state index contributed by atoms with van der Waals surface area (Å²) in [6.45, 7) is -0.666. The van der Waals surface area contributed by atoms with Crippen LogP contribution in [0.3, 0.4) is 0 Å². The molecule has 2 heterocycles. The normalized spacial score (nSPS) is 25.3. The highest BCUT2D eigenvalue weighted by Gasteiger charge is 2.45. The quantitative estimate of drug-likeness (QED) is 0.245. The molecule has 1 fully saturated rings. The van der Waals surface area contributed by atoms with E-state index in [9.17, 15) is 45.6 Å². The van der Waals surface area contributed by atoms with E-state index in [2.05, 4.69) is 0 Å². The first kappa shape index (κ1) is 22.6. The molecule has 0 aliphatic carbocycles. The molecule has 1 aliphatic rings. The Morgan fingerprint density at radius 2 is 1.64 bits per heavy atom. The van der Waals surface area contributed by atoms with Gasteiger partial charge in [0, 0.05) is 17.7 Å². The minimum atomic E-state index is -1.70. The number of phenolic OH excluding ortho intramolecular Hbond substituents is 3. The topological polar surface area (TPSA) is 211 Å². The highest BCUT2D eigenvalue weighted by molar-refractivity contribution is 5.88. The van der Waals surface area contributed by atoms with E-state index in [0.717, 1.165) is 18.2 Å². The predicted octanol–water partition coefficient (Wildman–Crippen LogP) is -0.539. The van der Waals surface area contributed by atoms with Crippen LogP contribution < -0.4 is 10.2 Å². The third-order valence-corrected chi connectivity index (χ3v) is 5.25. The monoisotopic (exact) mass is 464 g/mol. The lowest BCUT2D eigenvalue weighted by molar-refractivity contribution is -0.277. The molecule has 5 atom stereocenters. The molecule has 0 amide bonds. The second-order valence-corrected chi connectivity index (χ2v) is 7.44. The first-order valence-corrected chi connectivity index (χ1v) is 9.64. The van der Waals surface area contributed by atoms with Crippen LogP contribution >= 0.6 is 0 Å². The third kappa shape index (κ3) is 3.90. The highest BCUT2D eigenvalue weighted by Crippen LogP contribution is 2.39. The number of benzene rings is 2. The summed E-state index contributed by atoms with van der Waals surface area (Å²) in [5.74, 6) is -2.97. The number of phenols is 3. The minimum absolute atomic E-state index is 0.0213. The van der Waals surface area contributed by atoms with Gasteiger partial charge in [-0.1, -0.05) is 0 Å². The zero-order chi connectivity index (χ0) is 24.0. The molecule has 0 spiro atoms. The predicted molar refractivity (Wildman–Crippen MR) is 109 cm³/mol. The van der Waals surface area contributed by atoms with Crippen molar-refractivity contribution in [3.8, 4) is 40.1 Å².